The number of carbonyl (C=O) groups excluding carboxylic acids is 2. The molecule has 3 amide bonds. The number of aryl methyl sites for hydroxylation is 2. The molecule has 0 fully saturated rings. The summed E-state index contributed by atoms with van der Waals surface area (Å²) >= 11 is 0. The minimum atomic E-state index is -0.322. The number of methoxy groups -OCH3 is 2. The second-order valence-corrected chi connectivity index (χ2v) is 7.19. The van der Waals surface area contributed by atoms with Crippen LogP contribution < -0.4 is 10.6 Å². The number of hydrogen-bond acceptors (Lipinski definition) is 6. The van der Waals surface area contributed by atoms with E-state index in [2.05, 4.69) is 15.6 Å². The number of carbonyl (C=O) groups is 2. The molecule has 0 aliphatic heterocycles. The van der Waals surface area contributed by atoms with Crippen molar-refractivity contribution >= 4 is 17.6 Å². The van der Waals surface area contributed by atoms with Gasteiger partial charge >= 0.3 is 6.03 Å². The van der Waals surface area contributed by atoms with Gasteiger partial charge in [0.15, 0.2) is 5.69 Å². The average molecular weight is 433 g/mol. The molecule has 0 bridgehead atoms. The normalized spacial score (nSPS) is 10.7. The number of nitrogens with one attached hydrogen (secondary N) is 2. The van der Waals surface area contributed by atoms with Crippen molar-refractivity contribution in [2.75, 3.05) is 45.8 Å². The van der Waals surface area contributed by atoms with E-state index in [1.54, 1.807) is 19.1 Å². The summed E-state index contributed by atoms with van der Waals surface area (Å²) < 4.78 is 15.5. The molecular formula is C22H32N4O5. The smallest absolute Gasteiger partial charge is 0.322 e. The van der Waals surface area contributed by atoms with Gasteiger partial charge in [0.1, 0.15) is 6.26 Å². The molecule has 0 saturated heterocycles. The monoisotopic (exact) mass is 432 g/mol. The van der Waals surface area contributed by atoms with Crippen LogP contribution in [0.3, 0.4) is 0 Å². The molecule has 0 unspecified atom stereocenters. The number of anilines is 1. The maximum Gasteiger partial charge on any atom is 0.322 e. The first-order chi connectivity index (χ1) is 15.0. The van der Waals surface area contributed by atoms with Gasteiger partial charge in [-0.1, -0.05) is 18.2 Å². The Morgan fingerprint density at radius 1 is 1.10 bits per heavy atom. The molecule has 9 nitrogen and oxygen atoms in total. The molecule has 0 spiro atoms. The lowest BCUT2D eigenvalue weighted by atomic mass is 10.1. The van der Waals surface area contributed by atoms with Crippen LogP contribution in [0.1, 0.15) is 40.3 Å². The Balaban J connectivity index is 2.04. The molecule has 2 rings (SSSR count). The van der Waals surface area contributed by atoms with Crippen molar-refractivity contribution in [1.29, 1.82) is 0 Å². The van der Waals surface area contributed by atoms with Crippen LogP contribution in [0.4, 0.5) is 10.5 Å². The molecule has 1 heterocycles. The second-order valence-electron chi connectivity index (χ2n) is 7.19. The van der Waals surface area contributed by atoms with E-state index in [4.69, 9.17) is 13.9 Å². The van der Waals surface area contributed by atoms with Crippen molar-refractivity contribution in [3.63, 3.8) is 0 Å². The quantitative estimate of drug-likeness (QED) is 0.499. The van der Waals surface area contributed by atoms with Crippen LogP contribution in [0, 0.1) is 13.8 Å². The maximum absolute atomic E-state index is 13.0. The number of nitrogens with zero attached hydrogens (tertiary/aromatic N) is 2. The van der Waals surface area contributed by atoms with Crippen molar-refractivity contribution in [2.45, 2.75) is 33.2 Å². The van der Waals surface area contributed by atoms with E-state index in [9.17, 15) is 9.59 Å². The van der Waals surface area contributed by atoms with Gasteiger partial charge in [-0.3, -0.25) is 4.79 Å². The van der Waals surface area contributed by atoms with E-state index >= 15 is 0 Å². The Hall–Kier alpha value is -2.91. The summed E-state index contributed by atoms with van der Waals surface area (Å²) in [7, 11) is 3.23. The van der Waals surface area contributed by atoms with Gasteiger partial charge in [0.2, 0.25) is 5.89 Å². The third-order valence-electron chi connectivity index (χ3n) is 4.70. The van der Waals surface area contributed by atoms with Crippen LogP contribution >= 0.6 is 0 Å². The standard InChI is InChI=1S/C22H32N4O5/c1-16-8-5-9-17(2)20(16)25-22(28)26(11-7-13-30-4)14-19-24-18(15-31-19)21(27)23-10-6-12-29-3/h5,8-9,15H,6-7,10-14H2,1-4H3,(H,23,27)(H,25,28). The summed E-state index contributed by atoms with van der Waals surface area (Å²) in [6, 6.07) is 5.58. The molecule has 1 aromatic heterocycles. The average Bonchev–Trinajstić information content (AvgIpc) is 3.22. The Morgan fingerprint density at radius 2 is 1.77 bits per heavy atom. The third kappa shape index (κ3) is 7.69. The number of urea groups is 1. The van der Waals surface area contributed by atoms with Crippen LogP contribution in [-0.4, -0.2) is 62.3 Å². The number of amides is 3. The molecule has 31 heavy (non-hydrogen) atoms. The van der Waals surface area contributed by atoms with Crippen LogP contribution in [0.2, 0.25) is 0 Å². The van der Waals surface area contributed by atoms with Crippen LogP contribution in [0.25, 0.3) is 0 Å². The molecule has 1 aromatic carbocycles. The highest BCUT2D eigenvalue weighted by molar-refractivity contribution is 5.92. The van der Waals surface area contributed by atoms with Crippen molar-refractivity contribution in [3.8, 4) is 0 Å². The second kappa shape index (κ2) is 12.7. The fourth-order valence-corrected chi connectivity index (χ4v) is 3.01. The zero-order valence-electron chi connectivity index (χ0n) is 18.7. The summed E-state index contributed by atoms with van der Waals surface area (Å²) in [6.45, 7) is 6.05. The summed E-state index contributed by atoms with van der Waals surface area (Å²) in [5.74, 6) is -0.0341. The Morgan fingerprint density at radius 3 is 2.45 bits per heavy atom. The van der Waals surface area contributed by atoms with Gasteiger partial charge in [0.25, 0.3) is 5.91 Å². The van der Waals surface area contributed by atoms with Crippen LogP contribution in [0.5, 0.6) is 0 Å². The van der Waals surface area contributed by atoms with Crippen molar-refractivity contribution in [2.24, 2.45) is 0 Å². The first-order valence-electron chi connectivity index (χ1n) is 10.3. The minimum absolute atomic E-state index is 0.136. The molecule has 2 aromatic rings. The Bertz CT molecular complexity index is 832. The summed E-state index contributed by atoms with van der Waals surface area (Å²) in [5.41, 5.74) is 2.93. The molecule has 0 radical (unpaired) electrons. The number of rotatable bonds is 12. The molecule has 0 atom stereocenters. The molecule has 0 aliphatic carbocycles. The lowest BCUT2D eigenvalue weighted by Gasteiger charge is -2.23. The predicted molar refractivity (Wildman–Crippen MR) is 117 cm³/mol. The summed E-state index contributed by atoms with van der Waals surface area (Å²) in [4.78, 5) is 31.0. The van der Waals surface area contributed by atoms with Crippen molar-refractivity contribution in [3.05, 3.63) is 47.2 Å². The van der Waals surface area contributed by atoms with E-state index in [0.717, 1.165) is 16.8 Å². The number of benzene rings is 1. The highest BCUT2D eigenvalue weighted by Crippen LogP contribution is 2.20. The maximum atomic E-state index is 13.0. The number of aromatic nitrogens is 1. The molecule has 0 aliphatic rings. The molecule has 170 valence electrons. The van der Waals surface area contributed by atoms with E-state index in [0.29, 0.717) is 39.1 Å². The molecule has 2 N–H and O–H groups in total. The van der Waals surface area contributed by atoms with Gasteiger partial charge < -0.3 is 29.4 Å². The van der Waals surface area contributed by atoms with Crippen LogP contribution in [-0.2, 0) is 16.0 Å². The van der Waals surface area contributed by atoms with Crippen LogP contribution in [0.15, 0.2) is 28.9 Å². The molecule has 9 heteroatoms. The van der Waals surface area contributed by atoms with Gasteiger partial charge in [-0.25, -0.2) is 9.78 Å². The zero-order chi connectivity index (χ0) is 22.6. The lowest BCUT2D eigenvalue weighted by Crippen LogP contribution is -2.36. The lowest BCUT2D eigenvalue weighted by molar-refractivity contribution is 0.0943. The van der Waals surface area contributed by atoms with E-state index in [1.807, 2.05) is 32.0 Å². The third-order valence-corrected chi connectivity index (χ3v) is 4.70. The van der Waals surface area contributed by atoms with E-state index < -0.39 is 0 Å². The van der Waals surface area contributed by atoms with Gasteiger partial charge in [-0.15, -0.1) is 0 Å². The highest BCUT2D eigenvalue weighted by atomic mass is 16.5. The Labute approximate surface area is 183 Å². The van der Waals surface area contributed by atoms with E-state index in [1.165, 1.54) is 6.26 Å². The predicted octanol–water partition coefficient (Wildman–Crippen LogP) is 3.13. The van der Waals surface area contributed by atoms with E-state index in [-0.39, 0.29) is 30.1 Å². The fourth-order valence-electron chi connectivity index (χ4n) is 3.01. The number of hydrogen-bond donors (Lipinski definition) is 2. The molecule has 0 saturated carbocycles. The zero-order valence-corrected chi connectivity index (χ0v) is 18.7. The first-order valence-corrected chi connectivity index (χ1v) is 10.3. The minimum Gasteiger partial charge on any atom is -0.446 e. The SMILES string of the molecule is COCCCNC(=O)c1coc(CN(CCCOC)C(=O)Nc2c(C)cccc2C)n1. The van der Waals surface area contributed by atoms with Gasteiger partial charge in [-0.05, 0) is 37.8 Å². The number of ether oxygens (including phenoxy) is 2. The van der Waals surface area contributed by atoms with Gasteiger partial charge in [0, 0.05) is 46.2 Å². The van der Waals surface area contributed by atoms with Gasteiger partial charge in [0.05, 0.1) is 6.54 Å². The first kappa shape index (κ1) is 24.4. The summed E-state index contributed by atoms with van der Waals surface area (Å²) in [6.07, 6.45) is 2.67. The van der Waals surface area contributed by atoms with Crippen molar-refractivity contribution in [1.82, 2.24) is 15.2 Å². The van der Waals surface area contributed by atoms with Gasteiger partial charge in [-0.2, -0.15) is 0 Å². The summed E-state index contributed by atoms with van der Waals surface area (Å²) in [5, 5.41) is 5.74. The topological polar surface area (TPSA) is 106 Å². The largest absolute Gasteiger partial charge is 0.446 e. The number of para-hydroxylation sites is 1. The number of oxazole rings is 1. The fraction of sp³-hybridized carbons (Fsp3) is 0.500. The van der Waals surface area contributed by atoms with Crippen molar-refractivity contribution < 1.29 is 23.5 Å². The molecular weight excluding hydrogens is 400 g/mol. The Kier molecular flexibility index (Phi) is 9.99. The highest BCUT2D eigenvalue weighted by Gasteiger charge is 2.19.